The molecule has 1 aromatic rings. The summed E-state index contributed by atoms with van der Waals surface area (Å²) < 4.78 is 23.2. The van der Waals surface area contributed by atoms with Crippen molar-refractivity contribution in [2.24, 2.45) is 11.7 Å². The summed E-state index contributed by atoms with van der Waals surface area (Å²) in [4.78, 5) is 14.4. The quantitative estimate of drug-likeness (QED) is 0.908. The molecule has 2 atom stereocenters. The predicted molar refractivity (Wildman–Crippen MR) is 81.8 cm³/mol. The van der Waals surface area contributed by atoms with Crippen LogP contribution in [0.1, 0.15) is 29.6 Å². The number of hydrogen-bond donors (Lipinski definition) is 1. The summed E-state index contributed by atoms with van der Waals surface area (Å²) in [6.45, 7) is 0.575. The fourth-order valence-corrected chi connectivity index (χ4v) is 3.68. The monoisotopic (exact) mass is 310 g/mol. The minimum absolute atomic E-state index is 0.143. The third kappa shape index (κ3) is 3.44. The lowest BCUT2D eigenvalue weighted by molar-refractivity contribution is 0.0699. The Labute approximate surface area is 126 Å². The van der Waals surface area contributed by atoms with E-state index >= 15 is 0 Å². The number of benzene rings is 1. The van der Waals surface area contributed by atoms with Crippen molar-refractivity contribution in [1.82, 2.24) is 4.90 Å². The third-order valence-electron chi connectivity index (χ3n) is 4.25. The summed E-state index contributed by atoms with van der Waals surface area (Å²) in [6, 6.07) is 6.35. The maximum absolute atomic E-state index is 12.6. The van der Waals surface area contributed by atoms with Crippen LogP contribution in [-0.2, 0) is 9.84 Å². The van der Waals surface area contributed by atoms with E-state index < -0.39 is 9.84 Å². The minimum Gasteiger partial charge on any atom is -0.338 e. The van der Waals surface area contributed by atoms with Crippen LogP contribution >= 0.6 is 0 Å². The molecule has 0 saturated heterocycles. The summed E-state index contributed by atoms with van der Waals surface area (Å²) in [6.07, 6.45) is 4.22. The van der Waals surface area contributed by atoms with Crippen molar-refractivity contribution in [2.45, 2.75) is 30.2 Å². The first-order valence-electron chi connectivity index (χ1n) is 7.12. The molecule has 2 rings (SSSR count). The maximum atomic E-state index is 12.6. The van der Waals surface area contributed by atoms with Crippen molar-refractivity contribution in [3.05, 3.63) is 29.8 Å². The van der Waals surface area contributed by atoms with Gasteiger partial charge in [0.2, 0.25) is 0 Å². The lowest BCUT2D eigenvalue weighted by atomic mass is 10.0. The molecule has 1 amide bonds. The van der Waals surface area contributed by atoms with Gasteiger partial charge in [0.15, 0.2) is 9.84 Å². The fraction of sp³-hybridized carbons (Fsp3) is 0.533. The summed E-state index contributed by atoms with van der Waals surface area (Å²) in [5, 5.41) is 0. The molecule has 0 heterocycles. The Hall–Kier alpha value is -1.40. The van der Waals surface area contributed by atoms with Gasteiger partial charge in [0.25, 0.3) is 5.91 Å². The van der Waals surface area contributed by atoms with E-state index in [2.05, 4.69) is 0 Å². The van der Waals surface area contributed by atoms with Crippen molar-refractivity contribution in [2.75, 3.05) is 19.8 Å². The Morgan fingerprint density at radius 3 is 2.71 bits per heavy atom. The van der Waals surface area contributed by atoms with Crippen LogP contribution in [0.2, 0.25) is 0 Å². The van der Waals surface area contributed by atoms with Gasteiger partial charge in [-0.1, -0.05) is 12.5 Å². The molecular weight excluding hydrogens is 288 g/mol. The summed E-state index contributed by atoms with van der Waals surface area (Å²) in [5.74, 6) is 0.183. The minimum atomic E-state index is -3.31. The van der Waals surface area contributed by atoms with Crippen molar-refractivity contribution < 1.29 is 13.2 Å². The van der Waals surface area contributed by atoms with Gasteiger partial charge in [-0.3, -0.25) is 4.79 Å². The Kier molecular flexibility index (Phi) is 4.68. The van der Waals surface area contributed by atoms with E-state index in [-0.39, 0.29) is 16.8 Å². The molecule has 21 heavy (non-hydrogen) atoms. The van der Waals surface area contributed by atoms with E-state index in [1.807, 2.05) is 0 Å². The molecule has 0 radical (unpaired) electrons. The van der Waals surface area contributed by atoms with Crippen molar-refractivity contribution >= 4 is 15.7 Å². The summed E-state index contributed by atoms with van der Waals surface area (Å²) in [5.41, 5.74) is 6.17. The van der Waals surface area contributed by atoms with Gasteiger partial charge in [-0.2, -0.15) is 0 Å². The van der Waals surface area contributed by atoms with Crippen LogP contribution < -0.4 is 5.73 Å². The number of nitrogens with two attached hydrogens (primary N) is 1. The van der Waals surface area contributed by atoms with Gasteiger partial charge in [-0.15, -0.1) is 0 Å². The number of hydrogen-bond acceptors (Lipinski definition) is 4. The molecule has 0 bridgehead atoms. The average molecular weight is 310 g/mol. The van der Waals surface area contributed by atoms with Crippen LogP contribution in [0.25, 0.3) is 0 Å². The van der Waals surface area contributed by atoms with Gasteiger partial charge in [0.1, 0.15) is 0 Å². The third-order valence-corrected chi connectivity index (χ3v) is 5.36. The average Bonchev–Trinajstić information content (AvgIpc) is 2.93. The largest absolute Gasteiger partial charge is 0.338 e. The zero-order chi connectivity index (χ0) is 15.6. The van der Waals surface area contributed by atoms with Gasteiger partial charge < -0.3 is 10.6 Å². The fourth-order valence-electron chi connectivity index (χ4n) is 3.02. The highest BCUT2D eigenvalue weighted by molar-refractivity contribution is 7.90. The second kappa shape index (κ2) is 6.15. The van der Waals surface area contributed by atoms with E-state index in [1.54, 1.807) is 24.1 Å². The van der Waals surface area contributed by atoms with Crippen molar-refractivity contribution in [1.29, 1.82) is 0 Å². The van der Waals surface area contributed by atoms with Gasteiger partial charge in [0, 0.05) is 24.9 Å². The standard InChI is InChI=1S/C15H22N2O3S/c1-17(14-8-4-6-12(14)10-16)15(18)11-5-3-7-13(9-11)21(2,19)20/h3,5,7,9,12,14H,4,6,8,10,16H2,1-2H3. The molecule has 1 aliphatic rings. The van der Waals surface area contributed by atoms with E-state index in [1.165, 1.54) is 12.1 Å². The lowest BCUT2D eigenvalue weighted by Gasteiger charge is -2.29. The van der Waals surface area contributed by atoms with Crippen LogP contribution in [0.15, 0.2) is 29.2 Å². The molecule has 1 fully saturated rings. The van der Waals surface area contributed by atoms with Crippen LogP contribution in [0.5, 0.6) is 0 Å². The Bertz CT molecular complexity index is 628. The van der Waals surface area contributed by atoms with Gasteiger partial charge in [0.05, 0.1) is 4.90 Å². The first-order chi connectivity index (χ1) is 9.84. The summed E-state index contributed by atoms with van der Waals surface area (Å²) in [7, 11) is -1.54. The number of rotatable bonds is 4. The summed E-state index contributed by atoms with van der Waals surface area (Å²) >= 11 is 0. The zero-order valence-electron chi connectivity index (χ0n) is 12.5. The SMILES string of the molecule is CN(C(=O)c1cccc(S(C)(=O)=O)c1)C1CCCC1CN. The van der Waals surface area contributed by atoms with E-state index in [0.717, 1.165) is 25.5 Å². The van der Waals surface area contributed by atoms with Crippen LogP contribution in [0.4, 0.5) is 0 Å². The van der Waals surface area contributed by atoms with Crippen molar-refractivity contribution in [3.63, 3.8) is 0 Å². The molecule has 1 saturated carbocycles. The van der Waals surface area contributed by atoms with E-state index in [4.69, 9.17) is 5.73 Å². The second-order valence-corrected chi connectivity index (χ2v) is 7.73. The first kappa shape index (κ1) is 16.0. The maximum Gasteiger partial charge on any atom is 0.253 e. The Morgan fingerprint density at radius 1 is 1.38 bits per heavy atom. The highest BCUT2D eigenvalue weighted by Crippen LogP contribution is 2.29. The molecule has 0 aliphatic heterocycles. The van der Waals surface area contributed by atoms with Gasteiger partial charge in [-0.05, 0) is 43.5 Å². The van der Waals surface area contributed by atoms with E-state index in [0.29, 0.717) is 18.0 Å². The molecule has 0 aromatic heterocycles. The highest BCUT2D eigenvalue weighted by atomic mass is 32.2. The van der Waals surface area contributed by atoms with Crippen LogP contribution in [-0.4, -0.2) is 45.1 Å². The number of nitrogens with zero attached hydrogens (tertiary/aromatic N) is 1. The normalized spacial score (nSPS) is 22.2. The molecular formula is C15H22N2O3S. The molecule has 1 aromatic carbocycles. The van der Waals surface area contributed by atoms with Crippen LogP contribution in [0, 0.1) is 5.92 Å². The Morgan fingerprint density at radius 2 is 2.10 bits per heavy atom. The van der Waals surface area contributed by atoms with Crippen molar-refractivity contribution in [3.8, 4) is 0 Å². The number of carbonyl (C=O) groups excluding carboxylic acids is 1. The topological polar surface area (TPSA) is 80.5 Å². The number of amides is 1. The van der Waals surface area contributed by atoms with Crippen LogP contribution in [0.3, 0.4) is 0 Å². The molecule has 5 nitrogen and oxygen atoms in total. The predicted octanol–water partition coefficient (Wildman–Crippen LogP) is 1.29. The first-order valence-corrected chi connectivity index (χ1v) is 9.01. The van der Waals surface area contributed by atoms with Gasteiger partial charge in [-0.25, -0.2) is 8.42 Å². The molecule has 116 valence electrons. The number of carbonyl (C=O) groups is 1. The number of sulfone groups is 1. The zero-order valence-corrected chi connectivity index (χ0v) is 13.3. The lowest BCUT2D eigenvalue weighted by Crippen LogP contribution is -2.41. The van der Waals surface area contributed by atoms with Gasteiger partial charge >= 0.3 is 0 Å². The molecule has 2 unspecified atom stereocenters. The molecule has 0 spiro atoms. The van der Waals surface area contributed by atoms with E-state index in [9.17, 15) is 13.2 Å². The second-order valence-electron chi connectivity index (χ2n) is 5.71. The smallest absolute Gasteiger partial charge is 0.253 e. The molecule has 2 N–H and O–H groups in total. The molecule has 6 heteroatoms. The molecule has 1 aliphatic carbocycles. The Balaban J connectivity index is 2.24. The highest BCUT2D eigenvalue weighted by Gasteiger charge is 2.32.